The fraction of sp³-hybridized carbons (Fsp3) is 0.500. The average Bonchev–Trinajstić information content (AvgIpc) is 3.51. The van der Waals surface area contributed by atoms with Crippen molar-refractivity contribution in [1.29, 1.82) is 0 Å². The van der Waals surface area contributed by atoms with Crippen LogP contribution in [0.1, 0.15) is 62.3 Å². The van der Waals surface area contributed by atoms with E-state index in [1.807, 2.05) is 42.5 Å². The highest BCUT2D eigenvalue weighted by Crippen LogP contribution is 2.39. The molecule has 3 fully saturated rings. The first-order chi connectivity index (χ1) is 18.2. The zero-order valence-electron chi connectivity index (χ0n) is 22.2. The van der Waals surface area contributed by atoms with Gasteiger partial charge in [0.15, 0.2) is 0 Å². The molecule has 202 valence electrons. The predicted octanol–water partition coefficient (Wildman–Crippen LogP) is 3.59. The van der Waals surface area contributed by atoms with Gasteiger partial charge in [-0.15, -0.1) is 0 Å². The minimum absolute atomic E-state index is 0.0163. The maximum absolute atomic E-state index is 14.7. The number of carbonyl (C=O) groups excluding carboxylic acids is 3. The van der Waals surface area contributed by atoms with Crippen LogP contribution in [0.4, 0.5) is 4.39 Å². The second-order valence-electron chi connectivity index (χ2n) is 11.3. The minimum atomic E-state index is -1.26. The number of alkyl halides is 1. The number of nitrogens with zero attached hydrogens (tertiary/aromatic N) is 2. The predicted molar refractivity (Wildman–Crippen MR) is 141 cm³/mol. The molecule has 3 saturated heterocycles. The van der Waals surface area contributed by atoms with Crippen LogP contribution in [0.3, 0.4) is 0 Å². The third kappa shape index (κ3) is 5.19. The normalized spacial score (nSPS) is 24.9. The zero-order chi connectivity index (χ0) is 27.0. The molecule has 1 unspecified atom stereocenters. The lowest BCUT2D eigenvalue weighted by molar-refractivity contribution is -0.155. The SMILES string of the molecule is CC(=O)N1CC2(CC(C(=O)N3C[C@H](F)C[C@H]3C(=O)N[C@@H](c3ccccc3)c3ccc(C(C)C)cc3)CO2)C1. The van der Waals surface area contributed by atoms with Crippen molar-refractivity contribution < 1.29 is 23.5 Å². The van der Waals surface area contributed by atoms with Gasteiger partial charge < -0.3 is 19.9 Å². The number of benzene rings is 2. The van der Waals surface area contributed by atoms with Gasteiger partial charge in [0, 0.05) is 13.3 Å². The Morgan fingerprint density at radius 1 is 1.00 bits per heavy atom. The molecule has 3 heterocycles. The molecule has 0 aromatic heterocycles. The molecule has 3 amide bonds. The second-order valence-corrected chi connectivity index (χ2v) is 11.3. The van der Waals surface area contributed by atoms with Crippen LogP contribution in [-0.2, 0) is 19.1 Å². The van der Waals surface area contributed by atoms with Gasteiger partial charge in [0.2, 0.25) is 17.7 Å². The Morgan fingerprint density at radius 2 is 1.63 bits per heavy atom. The molecule has 3 aliphatic rings. The van der Waals surface area contributed by atoms with Crippen LogP contribution in [0, 0.1) is 5.92 Å². The van der Waals surface area contributed by atoms with E-state index in [0.29, 0.717) is 25.4 Å². The number of amides is 3. The van der Waals surface area contributed by atoms with E-state index < -0.39 is 29.8 Å². The minimum Gasteiger partial charge on any atom is -0.370 e. The summed E-state index contributed by atoms with van der Waals surface area (Å²) in [7, 11) is 0. The van der Waals surface area contributed by atoms with Crippen LogP contribution in [0.25, 0.3) is 0 Å². The lowest BCUT2D eigenvalue weighted by Crippen LogP contribution is -2.62. The summed E-state index contributed by atoms with van der Waals surface area (Å²) in [6.45, 7) is 6.84. The van der Waals surface area contributed by atoms with Gasteiger partial charge in [0.25, 0.3) is 0 Å². The monoisotopic (exact) mass is 521 g/mol. The summed E-state index contributed by atoms with van der Waals surface area (Å²) in [5.74, 6) is -0.686. The fourth-order valence-electron chi connectivity index (χ4n) is 5.92. The number of hydrogen-bond donors (Lipinski definition) is 1. The molecule has 0 aliphatic carbocycles. The Labute approximate surface area is 223 Å². The van der Waals surface area contributed by atoms with E-state index in [9.17, 15) is 18.8 Å². The zero-order valence-corrected chi connectivity index (χ0v) is 22.2. The number of rotatable bonds is 6. The fourth-order valence-corrected chi connectivity index (χ4v) is 5.92. The van der Waals surface area contributed by atoms with E-state index >= 15 is 0 Å². The first kappa shape index (κ1) is 26.4. The van der Waals surface area contributed by atoms with Gasteiger partial charge in [-0.2, -0.15) is 0 Å². The highest BCUT2D eigenvalue weighted by molar-refractivity contribution is 5.90. The van der Waals surface area contributed by atoms with Crippen LogP contribution in [0.15, 0.2) is 54.6 Å². The highest BCUT2D eigenvalue weighted by Gasteiger charge is 2.54. The molecule has 2 aromatic rings. The molecule has 38 heavy (non-hydrogen) atoms. The molecule has 3 aliphatic heterocycles. The van der Waals surface area contributed by atoms with Gasteiger partial charge in [0.1, 0.15) is 17.8 Å². The number of hydrogen-bond acceptors (Lipinski definition) is 4. The number of likely N-dealkylation sites (tertiary alicyclic amines) is 2. The number of ether oxygens (including phenoxy) is 1. The van der Waals surface area contributed by atoms with Crippen molar-refractivity contribution >= 4 is 17.7 Å². The standard InChI is InChI=1S/C30H36FN3O4/c1-19(2)21-9-11-23(12-10-21)27(22-7-5-4-6-8-22)32-28(36)26-13-25(31)15-34(26)29(37)24-14-30(38-16-24)17-33(18-30)20(3)35/h4-12,19,24-27H,13-18H2,1-3H3,(H,32,36)/t24?,25-,26+,27+/m1/s1. The van der Waals surface area contributed by atoms with Crippen molar-refractivity contribution in [3.05, 3.63) is 71.3 Å². The maximum Gasteiger partial charge on any atom is 0.243 e. The third-order valence-electron chi connectivity index (χ3n) is 8.15. The van der Waals surface area contributed by atoms with Gasteiger partial charge in [-0.05, 0) is 29.0 Å². The van der Waals surface area contributed by atoms with Gasteiger partial charge in [0.05, 0.1) is 38.2 Å². The van der Waals surface area contributed by atoms with Crippen molar-refractivity contribution in [2.45, 2.75) is 63.4 Å². The summed E-state index contributed by atoms with van der Waals surface area (Å²) in [6, 6.07) is 16.5. The van der Waals surface area contributed by atoms with Gasteiger partial charge in [-0.1, -0.05) is 68.4 Å². The van der Waals surface area contributed by atoms with E-state index in [0.717, 1.165) is 11.1 Å². The molecule has 0 saturated carbocycles. The molecule has 8 heteroatoms. The summed E-state index contributed by atoms with van der Waals surface area (Å²) in [5.41, 5.74) is 2.54. The van der Waals surface area contributed by atoms with Crippen molar-refractivity contribution in [1.82, 2.24) is 15.1 Å². The quantitative estimate of drug-likeness (QED) is 0.630. The number of nitrogens with one attached hydrogen (secondary N) is 1. The molecule has 1 spiro atoms. The van der Waals surface area contributed by atoms with Crippen LogP contribution < -0.4 is 5.32 Å². The molecular weight excluding hydrogens is 485 g/mol. The lowest BCUT2D eigenvalue weighted by Gasteiger charge is -2.46. The molecule has 7 nitrogen and oxygen atoms in total. The Kier molecular flexibility index (Phi) is 7.27. The summed E-state index contributed by atoms with van der Waals surface area (Å²) >= 11 is 0. The van der Waals surface area contributed by atoms with Gasteiger partial charge in [-0.3, -0.25) is 14.4 Å². The number of carbonyl (C=O) groups is 3. The third-order valence-corrected chi connectivity index (χ3v) is 8.15. The smallest absolute Gasteiger partial charge is 0.243 e. The van der Waals surface area contributed by atoms with Crippen LogP contribution in [-0.4, -0.2) is 71.6 Å². The summed E-state index contributed by atoms with van der Waals surface area (Å²) in [4.78, 5) is 41.8. The van der Waals surface area contributed by atoms with E-state index in [4.69, 9.17) is 4.74 Å². The molecule has 4 atom stereocenters. The largest absolute Gasteiger partial charge is 0.370 e. The Bertz CT molecular complexity index is 1180. The van der Waals surface area contributed by atoms with E-state index in [1.54, 1.807) is 4.90 Å². The molecule has 0 bridgehead atoms. The van der Waals surface area contributed by atoms with Crippen molar-refractivity contribution in [3.8, 4) is 0 Å². The Balaban J connectivity index is 1.31. The van der Waals surface area contributed by atoms with Crippen LogP contribution >= 0.6 is 0 Å². The van der Waals surface area contributed by atoms with E-state index in [-0.39, 0.29) is 37.3 Å². The summed E-state index contributed by atoms with van der Waals surface area (Å²) in [5, 5.41) is 3.12. The van der Waals surface area contributed by atoms with Gasteiger partial charge >= 0.3 is 0 Å². The topological polar surface area (TPSA) is 79.0 Å². The van der Waals surface area contributed by atoms with Crippen molar-refractivity contribution in [2.75, 3.05) is 26.2 Å². The van der Waals surface area contributed by atoms with Gasteiger partial charge in [-0.25, -0.2) is 4.39 Å². The molecule has 1 N–H and O–H groups in total. The van der Waals surface area contributed by atoms with E-state index in [2.05, 4.69) is 31.3 Å². The average molecular weight is 522 g/mol. The van der Waals surface area contributed by atoms with Crippen LogP contribution in [0.5, 0.6) is 0 Å². The molecule has 0 radical (unpaired) electrons. The summed E-state index contributed by atoms with van der Waals surface area (Å²) in [6.07, 6.45) is -0.808. The Morgan fingerprint density at radius 3 is 2.26 bits per heavy atom. The molecule has 2 aromatic carbocycles. The second kappa shape index (κ2) is 10.5. The first-order valence-corrected chi connectivity index (χ1v) is 13.4. The van der Waals surface area contributed by atoms with E-state index in [1.165, 1.54) is 17.4 Å². The highest BCUT2D eigenvalue weighted by atomic mass is 19.1. The lowest BCUT2D eigenvalue weighted by atomic mass is 9.86. The summed E-state index contributed by atoms with van der Waals surface area (Å²) < 4.78 is 20.6. The maximum atomic E-state index is 14.7. The molecule has 5 rings (SSSR count). The first-order valence-electron chi connectivity index (χ1n) is 13.4. The van der Waals surface area contributed by atoms with Crippen LogP contribution in [0.2, 0.25) is 0 Å². The van der Waals surface area contributed by atoms with Crippen molar-refractivity contribution in [2.24, 2.45) is 5.92 Å². The number of halogens is 1. The molecular formula is C30H36FN3O4. The van der Waals surface area contributed by atoms with Crippen molar-refractivity contribution in [3.63, 3.8) is 0 Å². The Hall–Kier alpha value is -3.26.